The maximum absolute atomic E-state index is 12.3. The van der Waals surface area contributed by atoms with Crippen LogP contribution in [0.25, 0.3) is 11.3 Å². The summed E-state index contributed by atoms with van der Waals surface area (Å²) in [7, 11) is 0. The lowest BCUT2D eigenvalue weighted by Gasteiger charge is -2.16. The van der Waals surface area contributed by atoms with E-state index >= 15 is 0 Å². The van der Waals surface area contributed by atoms with E-state index < -0.39 is 12.1 Å². The van der Waals surface area contributed by atoms with Crippen molar-refractivity contribution in [2.24, 2.45) is 0 Å². The third-order valence-corrected chi connectivity index (χ3v) is 4.93. The van der Waals surface area contributed by atoms with Crippen LogP contribution in [-0.2, 0) is 0 Å². The smallest absolute Gasteiger partial charge is 0.394 e. The first kappa shape index (κ1) is 19.9. The predicted molar refractivity (Wildman–Crippen MR) is 113 cm³/mol. The molecule has 0 radical (unpaired) electrons. The van der Waals surface area contributed by atoms with Gasteiger partial charge in [0.1, 0.15) is 0 Å². The quantitative estimate of drug-likeness (QED) is 0.477. The molecule has 0 aliphatic heterocycles. The molecule has 1 aliphatic rings. The van der Waals surface area contributed by atoms with E-state index in [0.29, 0.717) is 12.0 Å². The van der Waals surface area contributed by atoms with E-state index in [9.17, 15) is 9.90 Å². The number of aromatic amines is 1. The largest absolute Gasteiger partial charge is 0.414 e. The minimum atomic E-state index is -0.653. The molecule has 30 heavy (non-hydrogen) atoms. The number of aromatic nitrogens is 3. The number of carbonyl (C=O) groups excluding carboxylic acids is 1. The zero-order chi connectivity index (χ0) is 21.1. The molecule has 8 heteroatoms. The van der Waals surface area contributed by atoms with Crippen LogP contribution in [0.15, 0.2) is 42.7 Å². The van der Waals surface area contributed by atoms with Gasteiger partial charge in [-0.25, -0.2) is 14.8 Å². The highest BCUT2D eigenvalue weighted by Gasteiger charge is 2.22. The molecule has 3 aromatic rings. The Morgan fingerprint density at radius 3 is 2.90 bits per heavy atom. The lowest BCUT2D eigenvalue weighted by molar-refractivity contribution is 0.182. The first-order valence-corrected chi connectivity index (χ1v) is 9.96. The van der Waals surface area contributed by atoms with Crippen molar-refractivity contribution in [3.05, 3.63) is 59.4 Å². The van der Waals surface area contributed by atoms with Crippen LogP contribution in [0, 0.1) is 13.8 Å². The molecule has 4 N–H and O–H groups in total. The van der Waals surface area contributed by atoms with Crippen LogP contribution in [0.3, 0.4) is 0 Å². The van der Waals surface area contributed by atoms with Crippen LogP contribution in [0.1, 0.15) is 35.6 Å². The number of nitrogens with one attached hydrogen (secondary N) is 3. The van der Waals surface area contributed by atoms with Crippen LogP contribution < -0.4 is 15.4 Å². The van der Waals surface area contributed by atoms with Gasteiger partial charge in [-0.1, -0.05) is 29.8 Å². The first-order valence-electron chi connectivity index (χ1n) is 9.96. The second kappa shape index (κ2) is 8.54. The number of H-pyrrole nitrogens is 1. The molecule has 1 saturated carbocycles. The SMILES string of the molecule is Cc1cccc(C(CO)NC(=O)Oc2cc(-c3nc(NC4CC4)ncc3C)c[nH]2)c1. The number of nitrogens with zero attached hydrogens (tertiary/aromatic N) is 2. The summed E-state index contributed by atoms with van der Waals surface area (Å²) in [5, 5.41) is 15.6. The molecule has 0 spiro atoms. The standard InChI is InChI=1S/C22H25N5O3/c1-13-4-3-5-15(8-13)18(12-28)26-22(29)30-19-9-16(11-23-19)20-14(2)10-24-21(27-20)25-17-6-7-17/h3-5,8-11,17-18,23,28H,6-7,12H2,1-2H3,(H,26,29)(H,24,25,27). The molecule has 1 amide bonds. The highest BCUT2D eigenvalue weighted by Crippen LogP contribution is 2.28. The number of benzene rings is 1. The van der Waals surface area contributed by atoms with Crippen molar-refractivity contribution in [2.45, 2.75) is 38.8 Å². The van der Waals surface area contributed by atoms with Gasteiger partial charge in [0.25, 0.3) is 0 Å². The Bertz CT molecular complexity index is 1040. The first-order chi connectivity index (χ1) is 14.5. The van der Waals surface area contributed by atoms with Crippen LogP contribution in [0.2, 0.25) is 0 Å². The van der Waals surface area contributed by atoms with Gasteiger partial charge in [-0.3, -0.25) is 0 Å². The topological polar surface area (TPSA) is 112 Å². The number of anilines is 1. The third kappa shape index (κ3) is 4.77. The fourth-order valence-electron chi connectivity index (χ4n) is 3.18. The number of ether oxygens (including phenoxy) is 1. The summed E-state index contributed by atoms with van der Waals surface area (Å²) in [4.78, 5) is 24.2. The van der Waals surface area contributed by atoms with E-state index in [1.807, 2.05) is 38.1 Å². The highest BCUT2D eigenvalue weighted by molar-refractivity contribution is 5.72. The maximum Gasteiger partial charge on any atom is 0.414 e. The number of carbonyl (C=O) groups is 1. The van der Waals surface area contributed by atoms with E-state index in [4.69, 9.17) is 4.74 Å². The van der Waals surface area contributed by atoms with Gasteiger partial charge in [-0.05, 0) is 37.8 Å². The minimum absolute atomic E-state index is 0.231. The fraction of sp³-hybridized carbons (Fsp3) is 0.318. The summed E-state index contributed by atoms with van der Waals surface area (Å²) in [5.74, 6) is 0.890. The number of hydrogen-bond acceptors (Lipinski definition) is 6. The van der Waals surface area contributed by atoms with Crippen molar-refractivity contribution >= 4 is 12.0 Å². The maximum atomic E-state index is 12.3. The summed E-state index contributed by atoms with van der Waals surface area (Å²) in [5.41, 5.74) is 4.35. The number of hydrogen-bond donors (Lipinski definition) is 4. The second-order valence-corrected chi connectivity index (χ2v) is 7.58. The summed E-state index contributed by atoms with van der Waals surface area (Å²) in [6.07, 6.45) is 5.14. The number of aliphatic hydroxyl groups is 1. The average Bonchev–Trinajstić information content (AvgIpc) is 3.43. The molecule has 1 aromatic carbocycles. The van der Waals surface area contributed by atoms with Gasteiger partial charge < -0.3 is 25.5 Å². The molecule has 4 rings (SSSR count). The number of aliphatic hydroxyl groups excluding tert-OH is 1. The molecule has 1 fully saturated rings. The Morgan fingerprint density at radius 1 is 1.33 bits per heavy atom. The lowest BCUT2D eigenvalue weighted by atomic mass is 10.1. The molecule has 2 heterocycles. The van der Waals surface area contributed by atoms with Crippen LogP contribution in [0.5, 0.6) is 5.88 Å². The van der Waals surface area contributed by atoms with E-state index in [-0.39, 0.29) is 12.5 Å². The van der Waals surface area contributed by atoms with E-state index in [1.54, 1.807) is 18.5 Å². The third-order valence-electron chi connectivity index (χ3n) is 4.93. The van der Waals surface area contributed by atoms with Crippen molar-refractivity contribution in [1.82, 2.24) is 20.3 Å². The Labute approximate surface area is 174 Å². The van der Waals surface area contributed by atoms with Gasteiger partial charge in [-0.15, -0.1) is 0 Å². The van der Waals surface area contributed by atoms with Crippen LogP contribution in [-0.4, -0.2) is 38.8 Å². The monoisotopic (exact) mass is 407 g/mol. The zero-order valence-electron chi connectivity index (χ0n) is 17.0. The number of amides is 1. The van der Waals surface area contributed by atoms with E-state index in [2.05, 4.69) is 25.6 Å². The molecule has 0 saturated heterocycles. The van der Waals surface area contributed by atoms with Gasteiger partial charge in [0, 0.05) is 30.1 Å². The lowest BCUT2D eigenvalue weighted by Crippen LogP contribution is -2.33. The van der Waals surface area contributed by atoms with Crippen molar-refractivity contribution < 1.29 is 14.6 Å². The summed E-state index contributed by atoms with van der Waals surface area (Å²) in [6, 6.07) is 9.24. The van der Waals surface area contributed by atoms with Gasteiger partial charge in [-0.2, -0.15) is 0 Å². The summed E-state index contributed by atoms with van der Waals surface area (Å²) >= 11 is 0. The van der Waals surface area contributed by atoms with Crippen LogP contribution >= 0.6 is 0 Å². The normalized spacial score (nSPS) is 14.2. The van der Waals surface area contributed by atoms with E-state index in [0.717, 1.165) is 40.8 Å². The Morgan fingerprint density at radius 2 is 2.17 bits per heavy atom. The van der Waals surface area contributed by atoms with Crippen molar-refractivity contribution in [3.63, 3.8) is 0 Å². The molecule has 156 valence electrons. The zero-order valence-corrected chi connectivity index (χ0v) is 17.0. The Kier molecular flexibility index (Phi) is 5.67. The molecule has 1 aliphatic carbocycles. The van der Waals surface area contributed by atoms with Crippen molar-refractivity contribution in [3.8, 4) is 17.1 Å². The molecule has 1 atom stereocenters. The minimum Gasteiger partial charge on any atom is -0.394 e. The summed E-state index contributed by atoms with van der Waals surface area (Å²) < 4.78 is 5.37. The molecule has 1 unspecified atom stereocenters. The highest BCUT2D eigenvalue weighted by atomic mass is 16.6. The predicted octanol–water partition coefficient (Wildman–Crippen LogP) is 3.48. The fourth-order valence-corrected chi connectivity index (χ4v) is 3.18. The molecule has 0 bridgehead atoms. The molecular formula is C22H25N5O3. The molecule has 2 aromatic heterocycles. The van der Waals surface area contributed by atoms with Crippen molar-refractivity contribution in [2.75, 3.05) is 11.9 Å². The van der Waals surface area contributed by atoms with E-state index in [1.165, 1.54) is 0 Å². The number of aryl methyl sites for hydroxylation is 2. The van der Waals surface area contributed by atoms with Crippen molar-refractivity contribution in [1.29, 1.82) is 0 Å². The van der Waals surface area contributed by atoms with Gasteiger partial charge in [0.05, 0.1) is 18.3 Å². The van der Waals surface area contributed by atoms with Gasteiger partial charge in [0.15, 0.2) is 0 Å². The Balaban J connectivity index is 1.43. The van der Waals surface area contributed by atoms with Gasteiger partial charge in [0.2, 0.25) is 11.8 Å². The van der Waals surface area contributed by atoms with Crippen LogP contribution in [0.4, 0.5) is 10.7 Å². The number of rotatable bonds is 7. The second-order valence-electron chi connectivity index (χ2n) is 7.58. The Hall–Kier alpha value is -3.39. The summed E-state index contributed by atoms with van der Waals surface area (Å²) in [6.45, 7) is 3.66. The molecular weight excluding hydrogens is 382 g/mol. The van der Waals surface area contributed by atoms with Gasteiger partial charge >= 0.3 is 6.09 Å². The average molecular weight is 407 g/mol. The molecule has 8 nitrogen and oxygen atoms in total.